The van der Waals surface area contributed by atoms with Gasteiger partial charge in [0.15, 0.2) is 5.78 Å². The van der Waals surface area contributed by atoms with Crippen LogP contribution >= 0.6 is 0 Å². The minimum Gasteiger partial charge on any atom is -0.492 e. The third kappa shape index (κ3) is 3.27. The number of ether oxygens (including phenoxy) is 1. The number of hydrogen-bond acceptors (Lipinski definition) is 5. The molecule has 2 amide bonds. The average molecular weight is 365 g/mol. The maximum Gasteiger partial charge on any atom is 0.269 e. The number of amides is 2. The van der Waals surface area contributed by atoms with Gasteiger partial charge in [-0.1, -0.05) is 42.5 Å². The summed E-state index contributed by atoms with van der Waals surface area (Å²) in [6.07, 6.45) is 0. The third-order valence-electron chi connectivity index (χ3n) is 4.26. The normalized spacial score (nSPS) is 14.8. The maximum absolute atomic E-state index is 13.1. The summed E-state index contributed by atoms with van der Waals surface area (Å²) < 4.78 is 5.78. The van der Waals surface area contributed by atoms with Crippen molar-refractivity contribution in [3.8, 4) is 0 Å². The van der Waals surface area contributed by atoms with E-state index in [1.165, 1.54) is 19.1 Å². The number of ketones is 1. The van der Waals surface area contributed by atoms with Crippen molar-refractivity contribution < 1.29 is 24.2 Å². The van der Waals surface area contributed by atoms with E-state index >= 15 is 0 Å². The van der Waals surface area contributed by atoms with Crippen molar-refractivity contribution in [1.29, 1.82) is 0 Å². The average Bonchev–Trinajstić information content (AvgIpc) is 2.97. The lowest BCUT2D eigenvalue weighted by Crippen LogP contribution is -2.31. The summed E-state index contributed by atoms with van der Waals surface area (Å²) in [5.41, 5.74) is 2.05. The molecule has 0 aliphatic carbocycles. The van der Waals surface area contributed by atoms with Crippen molar-refractivity contribution in [3.63, 3.8) is 0 Å². The van der Waals surface area contributed by atoms with Crippen LogP contribution in [0.1, 0.15) is 35.3 Å². The van der Waals surface area contributed by atoms with E-state index < -0.39 is 24.2 Å². The number of fused-ring (bicyclic) bond motifs is 1. The number of hydrogen-bond donors (Lipinski definition) is 1. The van der Waals surface area contributed by atoms with Gasteiger partial charge in [0.1, 0.15) is 12.4 Å². The van der Waals surface area contributed by atoms with Gasteiger partial charge in [0.2, 0.25) is 5.91 Å². The van der Waals surface area contributed by atoms with Gasteiger partial charge in [-0.3, -0.25) is 14.4 Å². The number of carbonyl (C=O) groups is 3. The van der Waals surface area contributed by atoms with Crippen LogP contribution in [-0.4, -0.2) is 35.9 Å². The lowest BCUT2D eigenvalue weighted by molar-refractivity contribution is -0.122. The fourth-order valence-electron chi connectivity index (χ4n) is 3.09. The van der Waals surface area contributed by atoms with Gasteiger partial charge in [-0.15, -0.1) is 0 Å². The Morgan fingerprint density at radius 2 is 1.78 bits per heavy atom. The van der Waals surface area contributed by atoms with Gasteiger partial charge in [-0.05, 0) is 13.0 Å². The van der Waals surface area contributed by atoms with Crippen molar-refractivity contribution in [2.75, 3.05) is 18.1 Å². The number of imide groups is 1. The van der Waals surface area contributed by atoms with Gasteiger partial charge in [-0.2, -0.15) is 0 Å². The van der Waals surface area contributed by atoms with Crippen LogP contribution in [0.2, 0.25) is 0 Å². The number of Topliss-reactive ketones (excluding diaryl/α,β-unsaturated/α-hetero) is 1. The first kappa shape index (κ1) is 18.5. The molecule has 0 saturated heterocycles. The number of carbonyl (C=O) groups excluding carboxylic acids is 3. The summed E-state index contributed by atoms with van der Waals surface area (Å²) in [4.78, 5) is 38.1. The Morgan fingerprint density at radius 3 is 2.37 bits per heavy atom. The Labute approximate surface area is 156 Å². The number of aliphatic hydroxyl groups excluding tert-OH is 1. The molecule has 0 unspecified atom stereocenters. The molecule has 1 N–H and O–H groups in total. The highest BCUT2D eigenvalue weighted by atomic mass is 16.5. The topological polar surface area (TPSA) is 83.9 Å². The molecule has 6 nitrogen and oxygen atoms in total. The van der Waals surface area contributed by atoms with Gasteiger partial charge >= 0.3 is 0 Å². The van der Waals surface area contributed by atoms with Crippen molar-refractivity contribution in [1.82, 2.24) is 0 Å². The molecule has 1 heterocycles. The third-order valence-corrected chi connectivity index (χ3v) is 4.26. The van der Waals surface area contributed by atoms with Crippen LogP contribution in [0.15, 0.2) is 48.5 Å². The Kier molecular flexibility index (Phi) is 5.19. The number of aliphatic hydroxyl groups is 1. The van der Waals surface area contributed by atoms with E-state index in [0.29, 0.717) is 23.6 Å². The van der Waals surface area contributed by atoms with E-state index in [2.05, 4.69) is 0 Å². The molecule has 0 saturated carbocycles. The number of anilines is 1. The second-order valence-electron chi connectivity index (χ2n) is 5.98. The highest BCUT2D eigenvalue weighted by Crippen LogP contribution is 2.41. The quantitative estimate of drug-likeness (QED) is 0.500. The molecule has 2 aromatic carbocycles. The van der Waals surface area contributed by atoms with Crippen LogP contribution in [0, 0.1) is 0 Å². The maximum atomic E-state index is 13.1. The van der Waals surface area contributed by atoms with Crippen molar-refractivity contribution in [2.45, 2.75) is 13.8 Å². The van der Waals surface area contributed by atoms with E-state index in [9.17, 15) is 14.4 Å². The molecule has 0 atom stereocenters. The van der Waals surface area contributed by atoms with Gasteiger partial charge in [-0.25, -0.2) is 4.90 Å². The monoisotopic (exact) mass is 365 g/mol. The zero-order chi connectivity index (χ0) is 19.6. The SMILES string of the molecule is CCO/C(=C1\C(=O)N(C(C)=O)c2cc(C(=O)CO)ccc21)c1ccccc1. The Balaban J connectivity index is 2.28. The number of benzene rings is 2. The zero-order valence-corrected chi connectivity index (χ0v) is 15.1. The van der Waals surface area contributed by atoms with Gasteiger partial charge in [0, 0.05) is 23.6 Å². The minimum atomic E-state index is -0.649. The van der Waals surface area contributed by atoms with Crippen molar-refractivity contribution in [3.05, 3.63) is 65.2 Å². The van der Waals surface area contributed by atoms with Crippen LogP contribution in [0.4, 0.5) is 5.69 Å². The molecule has 0 aromatic heterocycles. The molecule has 0 bridgehead atoms. The molecule has 0 spiro atoms. The Hall–Kier alpha value is -3.25. The summed E-state index contributed by atoms with van der Waals surface area (Å²) in [5.74, 6) is -1.07. The van der Waals surface area contributed by atoms with E-state index in [4.69, 9.17) is 9.84 Å². The highest BCUT2D eigenvalue weighted by Gasteiger charge is 2.38. The molecular formula is C21H19NO5. The Morgan fingerprint density at radius 1 is 1.07 bits per heavy atom. The summed E-state index contributed by atoms with van der Waals surface area (Å²) in [6, 6.07) is 13.8. The largest absolute Gasteiger partial charge is 0.492 e. The summed E-state index contributed by atoms with van der Waals surface area (Å²) in [6.45, 7) is 2.80. The predicted octanol–water partition coefficient (Wildman–Crippen LogP) is 2.66. The van der Waals surface area contributed by atoms with Crippen molar-refractivity contribution >= 4 is 34.6 Å². The minimum absolute atomic E-state index is 0.231. The second kappa shape index (κ2) is 7.55. The number of nitrogens with zero attached hydrogens (tertiary/aromatic N) is 1. The fourth-order valence-corrected chi connectivity index (χ4v) is 3.09. The fraction of sp³-hybridized carbons (Fsp3) is 0.190. The van der Waals surface area contributed by atoms with Gasteiger partial charge < -0.3 is 9.84 Å². The second-order valence-corrected chi connectivity index (χ2v) is 5.98. The van der Waals surface area contributed by atoms with Crippen LogP contribution in [0.25, 0.3) is 11.3 Å². The first-order valence-electron chi connectivity index (χ1n) is 8.55. The lowest BCUT2D eigenvalue weighted by Gasteiger charge is -2.13. The van der Waals surface area contributed by atoms with Gasteiger partial charge in [0.25, 0.3) is 5.91 Å². The zero-order valence-electron chi connectivity index (χ0n) is 15.1. The molecule has 2 aromatic rings. The van der Waals surface area contributed by atoms with E-state index in [-0.39, 0.29) is 11.1 Å². The van der Waals surface area contributed by atoms with Crippen LogP contribution in [0.5, 0.6) is 0 Å². The first-order chi connectivity index (χ1) is 13.0. The molecule has 138 valence electrons. The molecule has 3 rings (SSSR count). The van der Waals surface area contributed by atoms with Crippen LogP contribution in [0.3, 0.4) is 0 Å². The predicted molar refractivity (Wildman–Crippen MR) is 101 cm³/mol. The molecule has 0 fully saturated rings. The standard InChI is InChI=1S/C21H19NO5/c1-3-27-20(14-7-5-4-6-8-14)19-16-10-9-15(18(25)12-23)11-17(16)22(13(2)24)21(19)26/h4-11,23H,3,12H2,1-2H3/b20-19-. The smallest absolute Gasteiger partial charge is 0.269 e. The summed E-state index contributed by atoms with van der Waals surface area (Å²) >= 11 is 0. The van der Waals surface area contributed by atoms with Crippen molar-refractivity contribution in [2.24, 2.45) is 0 Å². The van der Waals surface area contributed by atoms with E-state index in [1.807, 2.05) is 37.3 Å². The number of rotatable bonds is 5. The molecule has 1 aliphatic rings. The summed E-state index contributed by atoms with van der Waals surface area (Å²) in [7, 11) is 0. The van der Waals surface area contributed by atoms with Crippen LogP contribution in [-0.2, 0) is 14.3 Å². The molecule has 6 heteroatoms. The molecular weight excluding hydrogens is 346 g/mol. The Bertz CT molecular complexity index is 946. The van der Waals surface area contributed by atoms with Gasteiger partial charge in [0.05, 0.1) is 17.9 Å². The highest BCUT2D eigenvalue weighted by molar-refractivity contribution is 6.43. The lowest BCUT2D eigenvalue weighted by atomic mass is 9.99. The molecule has 1 aliphatic heterocycles. The van der Waals surface area contributed by atoms with Crippen LogP contribution < -0.4 is 4.90 Å². The molecule has 27 heavy (non-hydrogen) atoms. The summed E-state index contributed by atoms with van der Waals surface area (Å²) in [5, 5.41) is 9.10. The molecule has 0 radical (unpaired) electrons. The van der Waals surface area contributed by atoms with E-state index in [0.717, 1.165) is 10.5 Å². The van der Waals surface area contributed by atoms with E-state index in [1.54, 1.807) is 6.07 Å². The first-order valence-corrected chi connectivity index (χ1v) is 8.55.